The molecule has 0 amide bonds. The molecule has 0 saturated carbocycles. The third-order valence-corrected chi connectivity index (χ3v) is 4.09. The molecular weight excluding hydrogens is 292 g/mol. The number of nitrogens with zero attached hydrogens (tertiary/aromatic N) is 3. The van der Waals surface area contributed by atoms with Crippen LogP contribution in [0.4, 0.5) is 0 Å². The monoisotopic (exact) mass is 316 g/mol. The van der Waals surface area contributed by atoms with Crippen LogP contribution in [-0.2, 0) is 11.3 Å². The van der Waals surface area contributed by atoms with Crippen molar-refractivity contribution in [1.29, 1.82) is 0 Å². The summed E-state index contributed by atoms with van der Waals surface area (Å²) in [5.74, 6) is 1.28. The van der Waals surface area contributed by atoms with Crippen molar-refractivity contribution < 1.29 is 9.26 Å². The van der Waals surface area contributed by atoms with E-state index in [0.717, 1.165) is 44.0 Å². The van der Waals surface area contributed by atoms with Crippen LogP contribution in [0.15, 0.2) is 28.8 Å². The maximum Gasteiger partial charge on any atom is 0.240 e. The summed E-state index contributed by atoms with van der Waals surface area (Å²) >= 11 is 0. The number of aromatic nitrogens is 2. The van der Waals surface area contributed by atoms with Gasteiger partial charge >= 0.3 is 0 Å². The average molecular weight is 316 g/mol. The molecule has 0 bridgehead atoms. The quantitative estimate of drug-likeness (QED) is 0.877. The minimum absolute atomic E-state index is 0.363. The van der Waals surface area contributed by atoms with Crippen molar-refractivity contribution in [3.05, 3.63) is 35.7 Å². The van der Waals surface area contributed by atoms with Crippen molar-refractivity contribution >= 4 is 0 Å². The minimum atomic E-state index is 0.363. The maximum atomic E-state index is 5.37. The number of aryl methyl sites for hydroxylation is 1. The molecule has 0 radical (unpaired) electrons. The molecule has 0 unspecified atom stereocenters. The van der Waals surface area contributed by atoms with Gasteiger partial charge in [-0.1, -0.05) is 29.4 Å². The minimum Gasteiger partial charge on any atom is -0.379 e. The van der Waals surface area contributed by atoms with Crippen LogP contribution in [0.3, 0.4) is 0 Å². The third-order valence-electron chi connectivity index (χ3n) is 4.09. The zero-order valence-corrected chi connectivity index (χ0v) is 13.8. The van der Waals surface area contributed by atoms with Crippen molar-refractivity contribution in [2.75, 3.05) is 32.8 Å². The van der Waals surface area contributed by atoms with Crippen LogP contribution in [0.2, 0.25) is 0 Å². The fourth-order valence-electron chi connectivity index (χ4n) is 2.76. The molecule has 1 aliphatic heterocycles. The van der Waals surface area contributed by atoms with Crippen LogP contribution in [0, 0.1) is 6.92 Å². The Labute approximate surface area is 136 Å². The Hall–Kier alpha value is -1.76. The van der Waals surface area contributed by atoms with Crippen molar-refractivity contribution in [3.63, 3.8) is 0 Å². The van der Waals surface area contributed by atoms with E-state index >= 15 is 0 Å². The summed E-state index contributed by atoms with van der Waals surface area (Å²) in [6.07, 6.45) is 0. The Bertz CT molecular complexity index is 623. The zero-order valence-electron chi connectivity index (χ0n) is 13.8. The van der Waals surface area contributed by atoms with Gasteiger partial charge < -0.3 is 14.6 Å². The van der Waals surface area contributed by atoms with E-state index in [1.807, 2.05) is 31.2 Å². The molecule has 2 heterocycles. The molecule has 23 heavy (non-hydrogen) atoms. The van der Waals surface area contributed by atoms with Crippen LogP contribution in [0.5, 0.6) is 0 Å². The molecule has 1 N–H and O–H groups in total. The standard InChI is InChI=1S/C17H24N4O2/c1-13-5-3-4-6-15(13)17-19-16(23-20-17)11-18-14(2)12-21-7-9-22-10-8-21/h3-6,14,18H,7-12H2,1-2H3/t14-/m1/s1. The predicted molar refractivity (Wildman–Crippen MR) is 88.0 cm³/mol. The van der Waals surface area contributed by atoms with E-state index in [1.165, 1.54) is 0 Å². The van der Waals surface area contributed by atoms with Crippen molar-refractivity contribution in [1.82, 2.24) is 20.4 Å². The summed E-state index contributed by atoms with van der Waals surface area (Å²) in [7, 11) is 0. The molecule has 124 valence electrons. The lowest BCUT2D eigenvalue weighted by Gasteiger charge is -2.29. The first-order valence-electron chi connectivity index (χ1n) is 8.14. The van der Waals surface area contributed by atoms with Crippen molar-refractivity contribution in [3.8, 4) is 11.4 Å². The van der Waals surface area contributed by atoms with Crippen LogP contribution in [0.25, 0.3) is 11.4 Å². The van der Waals surface area contributed by atoms with Crippen LogP contribution < -0.4 is 5.32 Å². The molecule has 0 aliphatic carbocycles. The number of benzene rings is 1. The van der Waals surface area contributed by atoms with Gasteiger partial charge in [0.05, 0.1) is 19.8 Å². The Kier molecular flexibility index (Phi) is 5.38. The summed E-state index contributed by atoms with van der Waals surface area (Å²) in [5.41, 5.74) is 2.16. The largest absolute Gasteiger partial charge is 0.379 e. The zero-order chi connectivity index (χ0) is 16.1. The van der Waals surface area contributed by atoms with Gasteiger partial charge in [-0.15, -0.1) is 0 Å². The molecular formula is C17H24N4O2. The van der Waals surface area contributed by atoms with Gasteiger partial charge in [0.25, 0.3) is 0 Å². The predicted octanol–water partition coefficient (Wildman–Crippen LogP) is 1.86. The van der Waals surface area contributed by atoms with Gasteiger partial charge in [0, 0.05) is 31.2 Å². The first kappa shape index (κ1) is 16.1. The highest BCUT2D eigenvalue weighted by atomic mass is 16.5. The number of hydrogen-bond acceptors (Lipinski definition) is 6. The lowest BCUT2D eigenvalue weighted by molar-refractivity contribution is 0.0342. The van der Waals surface area contributed by atoms with E-state index in [-0.39, 0.29) is 0 Å². The lowest BCUT2D eigenvalue weighted by Crippen LogP contribution is -2.44. The Morgan fingerprint density at radius 1 is 1.26 bits per heavy atom. The summed E-state index contributed by atoms with van der Waals surface area (Å²) in [6, 6.07) is 8.42. The van der Waals surface area contributed by atoms with E-state index in [0.29, 0.717) is 24.3 Å². The fourth-order valence-corrected chi connectivity index (χ4v) is 2.76. The second kappa shape index (κ2) is 7.68. The normalized spacial score (nSPS) is 17.3. The second-order valence-corrected chi connectivity index (χ2v) is 6.02. The maximum absolute atomic E-state index is 5.37. The summed E-state index contributed by atoms with van der Waals surface area (Å²) in [5, 5.41) is 7.53. The Balaban J connectivity index is 1.52. The van der Waals surface area contributed by atoms with Gasteiger partial charge in [-0.05, 0) is 19.4 Å². The topological polar surface area (TPSA) is 63.4 Å². The van der Waals surface area contributed by atoms with E-state index in [9.17, 15) is 0 Å². The molecule has 1 aromatic heterocycles. The first-order chi connectivity index (χ1) is 11.2. The van der Waals surface area contributed by atoms with E-state index in [2.05, 4.69) is 27.3 Å². The third kappa shape index (κ3) is 4.37. The van der Waals surface area contributed by atoms with Crippen LogP contribution in [-0.4, -0.2) is 53.9 Å². The average Bonchev–Trinajstić information content (AvgIpc) is 3.03. The van der Waals surface area contributed by atoms with Gasteiger partial charge in [0.2, 0.25) is 11.7 Å². The Morgan fingerprint density at radius 3 is 2.83 bits per heavy atom. The summed E-state index contributed by atoms with van der Waals surface area (Å²) in [6.45, 7) is 9.48. The lowest BCUT2D eigenvalue weighted by atomic mass is 10.1. The summed E-state index contributed by atoms with van der Waals surface area (Å²) < 4.78 is 10.7. The van der Waals surface area contributed by atoms with Crippen LogP contribution in [0.1, 0.15) is 18.4 Å². The highest BCUT2D eigenvalue weighted by Crippen LogP contribution is 2.19. The van der Waals surface area contributed by atoms with Gasteiger partial charge in [0.1, 0.15) is 0 Å². The molecule has 2 aromatic rings. The van der Waals surface area contributed by atoms with Gasteiger partial charge in [-0.25, -0.2) is 0 Å². The van der Waals surface area contributed by atoms with Gasteiger partial charge in [0.15, 0.2) is 0 Å². The van der Waals surface area contributed by atoms with E-state index < -0.39 is 0 Å². The molecule has 6 nitrogen and oxygen atoms in total. The van der Waals surface area contributed by atoms with Gasteiger partial charge in [-0.2, -0.15) is 4.98 Å². The number of rotatable bonds is 6. The smallest absolute Gasteiger partial charge is 0.240 e. The second-order valence-electron chi connectivity index (χ2n) is 6.02. The van der Waals surface area contributed by atoms with Crippen molar-refractivity contribution in [2.24, 2.45) is 0 Å². The number of ether oxygens (including phenoxy) is 1. The molecule has 1 saturated heterocycles. The number of hydrogen-bond donors (Lipinski definition) is 1. The van der Waals surface area contributed by atoms with E-state index in [4.69, 9.17) is 9.26 Å². The SMILES string of the molecule is Cc1ccccc1-c1noc(CN[C@H](C)CN2CCOCC2)n1. The number of nitrogens with one attached hydrogen (secondary N) is 1. The number of morpholine rings is 1. The highest BCUT2D eigenvalue weighted by Gasteiger charge is 2.15. The molecule has 1 aliphatic rings. The first-order valence-corrected chi connectivity index (χ1v) is 8.14. The highest BCUT2D eigenvalue weighted by molar-refractivity contribution is 5.58. The molecule has 3 rings (SSSR count). The summed E-state index contributed by atoms with van der Waals surface area (Å²) in [4.78, 5) is 6.90. The molecule has 1 aromatic carbocycles. The molecule has 1 fully saturated rings. The Morgan fingerprint density at radius 2 is 2.04 bits per heavy atom. The van der Waals surface area contributed by atoms with E-state index in [1.54, 1.807) is 0 Å². The fraction of sp³-hybridized carbons (Fsp3) is 0.529. The van der Waals surface area contributed by atoms with Gasteiger partial charge in [-0.3, -0.25) is 4.90 Å². The molecule has 0 spiro atoms. The van der Waals surface area contributed by atoms with Crippen LogP contribution >= 0.6 is 0 Å². The molecule has 6 heteroatoms. The molecule has 1 atom stereocenters. The van der Waals surface area contributed by atoms with Crippen molar-refractivity contribution in [2.45, 2.75) is 26.4 Å².